The first-order valence-electron chi connectivity index (χ1n) is 16.4. The Balaban J connectivity index is 1.51. The zero-order valence-corrected chi connectivity index (χ0v) is 29.9. The molecule has 1 aromatic heterocycles. The minimum atomic E-state index is -0.679. The summed E-state index contributed by atoms with van der Waals surface area (Å²) < 4.78 is 17.2. The molecule has 0 aliphatic heterocycles. The highest BCUT2D eigenvalue weighted by molar-refractivity contribution is 7.13. The third-order valence-electron chi connectivity index (χ3n) is 8.98. The maximum absolute atomic E-state index is 14.0. The van der Waals surface area contributed by atoms with Crippen molar-refractivity contribution < 1.29 is 23.8 Å². The number of aryl methyl sites for hydroxylation is 2. The Labute approximate surface area is 291 Å². The number of nitrogens with zero attached hydrogens (tertiary/aromatic N) is 1. The topological polar surface area (TPSA) is 128 Å². The van der Waals surface area contributed by atoms with Gasteiger partial charge in [0, 0.05) is 35.7 Å². The van der Waals surface area contributed by atoms with Crippen LogP contribution in [-0.4, -0.2) is 44.2 Å². The Morgan fingerprint density at radius 2 is 1.82 bits per heavy atom. The number of carbonyl (C=O) groups excluding carboxylic acids is 2. The number of benzene rings is 2. The van der Waals surface area contributed by atoms with Gasteiger partial charge in [-0.3, -0.25) is 14.4 Å². The first-order chi connectivity index (χ1) is 23.6. The van der Waals surface area contributed by atoms with Crippen molar-refractivity contribution >= 4 is 28.8 Å². The minimum Gasteiger partial charge on any atom is -0.493 e. The fourth-order valence-electron chi connectivity index (χ4n) is 6.30. The molecule has 258 valence electrons. The van der Waals surface area contributed by atoms with Crippen LogP contribution in [0.5, 0.6) is 17.2 Å². The molecule has 1 aliphatic rings. The van der Waals surface area contributed by atoms with Gasteiger partial charge in [0.15, 0.2) is 11.5 Å². The molecule has 3 aromatic carbocycles. The van der Waals surface area contributed by atoms with Gasteiger partial charge in [-0.25, -0.2) is 4.98 Å². The van der Waals surface area contributed by atoms with Crippen molar-refractivity contribution in [3.8, 4) is 38.9 Å². The summed E-state index contributed by atoms with van der Waals surface area (Å²) in [6.07, 6.45) is 1.85. The average Bonchev–Trinajstić information content (AvgIpc) is 3.41. The number of methoxy groups -OCH3 is 3. The van der Waals surface area contributed by atoms with E-state index in [1.807, 2.05) is 62.5 Å². The summed E-state index contributed by atoms with van der Waals surface area (Å²) in [5, 5.41) is 12.3. The molecule has 49 heavy (non-hydrogen) atoms. The average molecular weight is 685 g/mol. The van der Waals surface area contributed by atoms with Crippen molar-refractivity contribution in [3.63, 3.8) is 0 Å². The summed E-state index contributed by atoms with van der Waals surface area (Å²) in [7, 11) is 4.68. The molecule has 1 aliphatic carbocycles. The number of fused-ring (bicyclic) bond motifs is 3. The summed E-state index contributed by atoms with van der Waals surface area (Å²) in [6.45, 7) is 7.75. The number of aromatic nitrogens is 1. The Hall–Kier alpha value is -4.90. The number of thiazole rings is 1. The summed E-state index contributed by atoms with van der Waals surface area (Å²) in [6, 6.07) is 13.9. The zero-order valence-electron chi connectivity index (χ0n) is 29.1. The largest absolute Gasteiger partial charge is 0.493 e. The smallest absolute Gasteiger partial charge is 0.243 e. The van der Waals surface area contributed by atoms with Crippen molar-refractivity contribution in [2.24, 2.45) is 5.92 Å². The Bertz CT molecular complexity index is 1910. The van der Waals surface area contributed by atoms with E-state index in [2.05, 4.69) is 20.9 Å². The van der Waals surface area contributed by atoms with E-state index in [4.69, 9.17) is 14.2 Å². The van der Waals surface area contributed by atoms with E-state index in [1.54, 1.807) is 44.8 Å². The van der Waals surface area contributed by atoms with Crippen LogP contribution in [0.25, 0.3) is 21.7 Å². The van der Waals surface area contributed by atoms with Gasteiger partial charge in [-0.05, 0) is 72.2 Å². The van der Waals surface area contributed by atoms with Crippen molar-refractivity contribution in [3.05, 3.63) is 86.5 Å². The molecule has 0 spiro atoms. The number of rotatable bonds is 12. The maximum Gasteiger partial charge on any atom is 0.243 e. The first-order valence-corrected chi connectivity index (χ1v) is 17.3. The monoisotopic (exact) mass is 684 g/mol. The molecule has 3 unspecified atom stereocenters. The third kappa shape index (κ3) is 7.72. The van der Waals surface area contributed by atoms with Crippen LogP contribution in [0.2, 0.25) is 0 Å². The molecule has 0 saturated carbocycles. The number of hydrogen-bond donors (Lipinski definition) is 3. The molecule has 11 heteroatoms. The summed E-state index contributed by atoms with van der Waals surface area (Å²) in [4.78, 5) is 44.6. The Morgan fingerprint density at radius 3 is 2.47 bits per heavy atom. The van der Waals surface area contributed by atoms with Crippen LogP contribution >= 0.6 is 11.3 Å². The van der Waals surface area contributed by atoms with Gasteiger partial charge in [-0.15, -0.1) is 11.3 Å². The molecule has 3 N–H and O–H groups in total. The second-order valence-electron chi connectivity index (χ2n) is 12.3. The van der Waals surface area contributed by atoms with E-state index in [0.717, 1.165) is 33.0 Å². The van der Waals surface area contributed by atoms with Crippen LogP contribution < -0.4 is 35.6 Å². The van der Waals surface area contributed by atoms with Gasteiger partial charge in [0.05, 0.1) is 33.1 Å². The Morgan fingerprint density at radius 1 is 1.04 bits per heavy atom. The molecule has 3 atom stereocenters. The second-order valence-corrected chi connectivity index (χ2v) is 13.2. The number of ether oxygens (including phenoxy) is 3. The van der Waals surface area contributed by atoms with Crippen molar-refractivity contribution in [1.29, 1.82) is 0 Å². The fraction of sp³-hybridized carbons (Fsp3) is 0.368. The maximum atomic E-state index is 14.0. The first kappa shape index (κ1) is 35.4. The molecule has 0 bridgehead atoms. The van der Waals surface area contributed by atoms with E-state index in [-0.39, 0.29) is 28.8 Å². The van der Waals surface area contributed by atoms with Crippen LogP contribution in [0.4, 0.5) is 5.69 Å². The van der Waals surface area contributed by atoms with Gasteiger partial charge in [0.2, 0.25) is 23.0 Å². The highest BCUT2D eigenvalue weighted by Crippen LogP contribution is 2.50. The number of amides is 2. The number of nitrogens with one attached hydrogen (secondary N) is 3. The zero-order chi connectivity index (χ0) is 35.2. The highest BCUT2D eigenvalue weighted by Gasteiger charge is 2.30. The normalized spacial score (nSPS) is 14.7. The Kier molecular flexibility index (Phi) is 11.2. The molecule has 1 heterocycles. The van der Waals surface area contributed by atoms with Crippen molar-refractivity contribution in [2.45, 2.75) is 65.6 Å². The fourth-order valence-corrected chi connectivity index (χ4v) is 7.09. The number of hydrogen-bond acceptors (Lipinski definition) is 9. The van der Waals surface area contributed by atoms with Crippen LogP contribution in [-0.2, 0) is 22.6 Å². The van der Waals surface area contributed by atoms with Crippen molar-refractivity contribution in [2.75, 3.05) is 26.6 Å². The molecule has 5 rings (SSSR count). The molecule has 0 radical (unpaired) electrons. The summed E-state index contributed by atoms with van der Waals surface area (Å²) in [5.41, 5.74) is 5.96. The predicted octanol–water partition coefficient (Wildman–Crippen LogP) is 6.44. The van der Waals surface area contributed by atoms with Crippen LogP contribution in [0.3, 0.4) is 0 Å². The molecule has 0 fully saturated rings. The molecule has 0 saturated heterocycles. The second kappa shape index (κ2) is 15.5. The van der Waals surface area contributed by atoms with E-state index in [9.17, 15) is 14.4 Å². The number of anilines is 1. The molecule has 10 nitrogen and oxygen atoms in total. The van der Waals surface area contributed by atoms with Gasteiger partial charge in [-0.2, -0.15) is 0 Å². The van der Waals surface area contributed by atoms with Gasteiger partial charge in [0.1, 0.15) is 11.0 Å². The lowest BCUT2D eigenvalue weighted by atomic mass is 9.95. The van der Waals surface area contributed by atoms with E-state index in [0.29, 0.717) is 54.2 Å². The van der Waals surface area contributed by atoms with E-state index in [1.165, 1.54) is 6.92 Å². The quantitative estimate of drug-likeness (QED) is 0.156. The standard InChI is InChI=1S/C38H44N4O6S/c1-8-21(2)34(37(45)39-19-24-10-9-11-26(16-24)38-40-22(3)20-49-38)42-30-15-13-27-28(18-31(30)44)29(41-23(4)43)14-12-25-17-32(46-5)35(47-6)36(48-7)33(25)27/h9-11,13,15-18,20-21,29,34H,8,12,14,19H2,1-7H3,(H,39,45)(H,41,43)(H,42,44). The van der Waals surface area contributed by atoms with Gasteiger partial charge >= 0.3 is 0 Å². The van der Waals surface area contributed by atoms with E-state index >= 15 is 0 Å². The van der Waals surface area contributed by atoms with Gasteiger partial charge < -0.3 is 30.2 Å². The lowest BCUT2D eigenvalue weighted by molar-refractivity contribution is -0.123. The third-order valence-corrected chi connectivity index (χ3v) is 9.99. The van der Waals surface area contributed by atoms with Gasteiger partial charge in [-0.1, -0.05) is 44.5 Å². The predicted molar refractivity (Wildman–Crippen MR) is 194 cm³/mol. The summed E-state index contributed by atoms with van der Waals surface area (Å²) in [5.74, 6) is 0.926. The van der Waals surface area contributed by atoms with E-state index < -0.39 is 12.1 Å². The highest BCUT2D eigenvalue weighted by atomic mass is 32.1. The van der Waals surface area contributed by atoms with Crippen LogP contribution in [0, 0.1) is 12.8 Å². The SMILES string of the molecule is CCC(C)C(Nc1ccc2c(cc1=O)C(NC(C)=O)CCc1cc(OC)c(OC)c(OC)c1-2)C(=O)NCc1cccc(-c2nc(C)cs2)c1. The lowest BCUT2D eigenvalue weighted by Gasteiger charge is -2.24. The minimum absolute atomic E-state index is 0.0861. The lowest BCUT2D eigenvalue weighted by Crippen LogP contribution is -2.44. The van der Waals surface area contributed by atoms with Crippen LogP contribution in [0.15, 0.2) is 58.7 Å². The molecular formula is C38H44N4O6S. The van der Waals surface area contributed by atoms with Gasteiger partial charge in [0.25, 0.3) is 0 Å². The molecule has 2 amide bonds. The van der Waals surface area contributed by atoms with Crippen LogP contribution in [0.1, 0.15) is 62.0 Å². The molecular weight excluding hydrogens is 641 g/mol. The van der Waals surface area contributed by atoms with Crippen molar-refractivity contribution in [1.82, 2.24) is 15.6 Å². The number of carbonyl (C=O) groups is 2. The molecule has 4 aromatic rings. The summed E-state index contributed by atoms with van der Waals surface area (Å²) >= 11 is 1.59.